The van der Waals surface area contributed by atoms with Gasteiger partial charge in [0, 0.05) is 0 Å². The highest BCUT2D eigenvalue weighted by atomic mass is 127. The second-order valence-corrected chi connectivity index (χ2v) is 35.4. The Hall–Kier alpha value is 1.79. The number of hydrogen-bond acceptors (Lipinski definition) is 0. The van der Waals surface area contributed by atoms with Gasteiger partial charge in [0.05, 0.1) is 0 Å². The standard InChI is InChI=1S/C11H16I2Si.C11H17ISi.C4H9I/c1-2-3-7-10-14(12,13)11-8-5-4-6-9-11;1-2-3-7-10-13(12)11-8-5-4-6-9-11;1-2-3-4-5/h4-6,8-9H,2-3,7,10H2,1H3;4-6,8-9,13H,2-3,7,10H2,1H3;2-4H2,1H3. The van der Waals surface area contributed by atoms with Crippen molar-refractivity contribution in [1.29, 1.82) is 0 Å². The number of unbranched alkanes of at least 4 members (excludes halogenated alkanes) is 5. The first-order valence-corrected chi connectivity index (χ1v) is 27.6. The van der Waals surface area contributed by atoms with Crippen molar-refractivity contribution in [1.82, 2.24) is 0 Å². The van der Waals surface area contributed by atoms with Crippen LogP contribution in [0.3, 0.4) is 0 Å². The van der Waals surface area contributed by atoms with E-state index in [2.05, 4.69) is 169 Å². The average molecular weight is 918 g/mol. The van der Waals surface area contributed by atoms with Crippen LogP contribution in [0.1, 0.15) is 72.1 Å². The number of hydrogen-bond donors (Lipinski definition) is 0. The van der Waals surface area contributed by atoms with Crippen molar-refractivity contribution in [2.45, 2.75) is 84.2 Å². The van der Waals surface area contributed by atoms with E-state index in [9.17, 15) is 0 Å². The Morgan fingerprint density at radius 1 is 0.688 bits per heavy atom. The van der Waals surface area contributed by atoms with E-state index in [1.807, 2.05) is 0 Å². The maximum absolute atomic E-state index is 2.71. The zero-order valence-corrected chi connectivity index (χ0v) is 30.9. The van der Waals surface area contributed by atoms with Crippen LogP contribution < -0.4 is 10.4 Å². The van der Waals surface area contributed by atoms with Gasteiger partial charge in [0.2, 0.25) is 3.07 Å². The molecule has 0 bridgehead atoms. The molecule has 2 rings (SSSR count). The van der Waals surface area contributed by atoms with Gasteiger partial charge in [-0.05, 0) is 28.1 Å². The Balaban J connectivity index is 0.000000499. The van der Waals surface area contributed by atoms with Crippen LogP contribution in [0.2, 0.25) is 12.1 Å². The number of alkyl halides is 1. The van der Waals surface area contributed by atoms with Crippen molar-refractivity contribution >= 4 is 108 Å². The normalized spacial score (nSPS) is 11.6. The van der Waals surface area contributed by atoms with Gasteiger partial charge in [-0.15, -0.1) is 21.8 Å². The van der Waals surface area contributed by atoms with Crippen LogP contribution in [0.5, 0.6) is 0 Å². The Bertz CT molecular complexity index is 637. The highest BCUT2D eigenvalue weighted by molar-refractivity contribution is 14.3. The van der Waals surface area contributed by atoms with Gasteiger partial charge in [0.15, 0.2) is 0 Å². The van der Waals surface area contributed by atoms with Crippen molar-refractivity contribution < 1.29 is 0 Å². The van der Waals surface area contributed by atoms with Crippen molar-refractivity contribution in [2.75, 3.05) is 4.43 Å². The summed E-state index contributed by atoms with van der Waals surface area (Å²) in [5.41, 5.74) is 0. The lowest BCUT2D eigenvalue weighted by atomic mass is 10.3. The second-order valence-electron chi connectivity index (χ2n) is 7.94. The lowest BCUT2D eigenvalue weighted by molar-refractivity contribution is 0.769. The molecule has 0 aromatic heterocycles. The molecule has 0 radical (unpaired) electrons. The van der Waals surface area contributed by atoms with Crippen LogP contribution in [-0.2, 0) is 0 Å². The highest BCUT2D eigenvalue weighted by Crippen LogP contribution is 2.28. The van der Waals surface area contributed by atoms with Crippen LogP contribution in [0.4, 0.5) is 0 Å². The Labute approximate surface area is 253 Å². The Kier molecular flexibility index (Phi) is 24.5. The molecule has 0 saturated carbocycles. The van der Waals surface area contributed by atoms with Gasteiger partial charge in [-0.25, -0.2) is 0 Å². The van der Waals surface area contributed by atoms with E-state index in [4.69, 9.17) is 0 Å². The monoisotopic (exact) mass is 918 g/mol. The maximum Gasteiger partial charge on any atom is 0.221 e. The number of halogens is 4. The quantitative estimate of drug-likeness (QED) is 0.0655. The Morgan fingerprint density at radius 2 is 1.19 bits per heavy atom. The van der Waals surface area contributed by atoms with E-state index in [0.29, 0.717) is 0 Å². The third-order valence-corrected chi connectivity index (χ3v) is 20.9. The van der Waals surface area contributed by atoms with Crippen molar-refractivity contribution in [3.8, 4) is 0 Å². The summed E-state index contributed by atoms with van der Waals surface area (Å²) in [4.78, 5) is 0. The fourth-order valence-corrected chi connectivity index (χ4v) is 14.0. The lowest BCUT2D eigenvalue weighted by Gasteiger charge is -2.17. The summed E-state index contributed by atoms with van der Waals surface area (Å²) < 4.78 is 0.137. The van der Waals surface area contributed by atoms with Gasteiger partial charge in [0.1, 0.15) is 6.29 Å². The summed E-state index contributed by atoms with van der Waals surface area (Å²) in [6.07, 6.45) is 10.4. The van der Waals surface area contributed by atoms with Gasteiger partial charge in [-0.3, -0.25) is 0 Å². The summed E-state index contributed by atoms with van der Waals surface area (Å²) in [5.74, 6) is 0. The summed E-state index contributed by atoms with van der Waals surface area (Å²) in [6, 6.07) is 24.9. The summed E-state index contributed by atoms with van der Waals surface area (Å²) in [5, 5.41) is 3.19. The van der Waals surface area contributed by atoms with Gasteiger partial charge < -0.3 is 0 Å². The van der Waals surface area contributed by atoms with Crippen LogP contribution in [0, 0.1) is 0 Å². The molecular formula is C26H42I4Si2. The summed E-state index contributed by atoms with van der Waals surface area (Å²) in [7, 11) is 0. The van der Waals surface area contributed by atoms with Gasteiger partial charge in [-0.2, -0.15) is 0 Å². The topological polar surface area (TPSA) is 0 Å². The molecule has 0 aliphatic carbocycles. The zero-order chi connectivity index (χ0) is 24.1. The average Bonchev–Trinajstić information content (AvgIpc) is 2.82. The van der Waals surface area contributed by atoms with E-state index < -0.39 is 9.36 Å². The molecule has 0 nitrogen and oxygen atoms in total. The van der Waals surface area contributed by atoms with Crippen molar-refractivity contribution in [3.63, 3.8) is 0 Å². The van der Waals surface area contributed by atoms with Crippen LogP contribution in [0.25, 0.3) is 0 Å². The summed E-state index contributed by atoms with van der Waals surface area (Å²) >= 11 is 10.5. The van der Waals surface area contributed by atoms with Crippen molar-refractivity contribution in [3.05, 3.63) is 60.7 Å². The first-order chi connectivity index (χ1) is 15.4. The molecule has 2 aromatic rings. The second kappa shape index (κ2) is 23.2. The molecular weight excluding hydrogens is 876 g/mol. The van der Waals surface area contributed by atoms with E-state index in [0.717, 1.165) is 0 Å². The molecule has 2 aromatic carbocycles. The minimum Gasteiger partial charge on any atom is -0.117 e. The molecule has 0 aliphatic rings. The lowest BCUT2D eigenvalue weighted by Crippen LogP contribution is -2.34. The van der Waals surface area contributed by atoms with E-state index >= 15 is 0 Å². The first-order valence-electron chi connectivity index (χ1n) is 12.1. The predicted octanol–water partition coefficient (Wildman–Crippen LogP) is 9.86. The molecule has 1 atom stereocenters. The SMILES string of the molecule is CCCCC[SiH](I)c1ccccc1.CCCCC[Si](I)(I)c1ccccc1.CCCCI. The molecule has 0 aliphatic heterocycles. The van der Waals surface area contributed by atoms with E-state index in [1.165, 1.54) is 67.9 Å². The van der Waals surface area contributed by atoms with Gasteiger partial charge in [0.25, 0.3) is 0 Å². The van der Waals surface area contributed by atoms with Gasteiger partial charge >= 0.3 is 0 Å². The molecule has 0 fully saturated rings. The molecule has 0 spiro atoms. The van der Waals surface area contributed by atoms with Crippen molar-refractivity contribution in [2.24, 2.45) is 0 Å². The molecule has 0 N–H and O–H groups in total. The van der Waals surface area contributed by atoms with Crippen LogP contribution in [-0.4, -0.2) is 13.8 Å². The third-order valence-electron chi connectivity index (χ3n) is 5.00. The predicted molar refractivity (Wildman–Crippen MR) is 190 cm³/mol. The fourth-order valence-electron chi connectivity index (χ4n) is 2.96. The largest absolute Gasteiger partial charge is 0.221 e. The molecule has 1 unspecified atom stereocenters. The molecule has 0 heterocycles. The molecule has 0 amide bonds. The molecule has 32 heavy (non-hydrogen) atoms. The van der Waals surface area contributed by atoms with Gasteiger partial charge in [-0.1, -0.05) is 198 Å². The van der Waals surface area contributed by atoms with E-state index in [1.54, 1.807) is 10.4 Å². The van der Waals surface area contributed by atoms with Crippen LogP contribution in [0.15, 0.2) is 60.7 Å². The number of benzene rings is 2. The molecule has 0 saturated heterocycles. The minimum atomic E-state index is -1.18. The first kappa shape index (κ1) is 33.8. The Morgan fingerprint density at radius 3 is 1.66 bits per heavy atom. The smallest absolute Gasteiger partial charge is 0.117 e. The fraction of sp³-hybridized carbons (Fsp3) is 0.538. The zero-order valence-electron chi connectivity index (χ0n) is 20.1. The molecule has 182 valence electrons. The van der Waals surface area contributed by atoms with Crippen LogP contribution >= 0.6 is 88.0 Å². The number of rotatable bonds is 12. The summed E-state index contributed by atoms with van der Waals surface area (Å²) in [6.45, 7) is 6.75. The van der Waals surface area contributed by atoms with E-state index in [-0.39, 0.29) is 0 Å². The third kappa shape index (κ3) is 18.1. The molecule has 6 heteroatoms. The highest BCUT2D eigenvalue weighted by Gasteiger charge is 2.27. The minimum absolute atomic E-state index is 0.622. The maximum atomic E-state index is 2.71.